The van der Waals surface area contributed by atoms with Gasteiger partial charge in [0.2, 0.25) is 5.89 Å². The van der Waals surface area contributed by atoms with Crippen LogP contribution in [0.4, 0.5) is 11.4 Å². The summed E-state index contributed by atoms with van der Waals surface area (Å²) in [4.78, 5) is 27.7. The van der Waals surface area contributed by atoms with Crippen LogP contribution in [0.15, 0.2) is 65.1 Å². The highest BCUT2D eigenvalue weighted by Gasteiger charge is 2.17. The molecule has 3 aromatic carbocycles. The number of hydrogen-bond donors (Lipinski definition) is 1. The predicted octanol–water partition coefficient (Wildman–Crippen LogP) is 6.82. The lowest BCUT2D eigenvalue weighted by molar-refractivity contribution is -0.384. The van der Waals surface area contributed by atoms with E-state index in [4.69, 9.17) is 16.0 Å². The Bertz CT molecular complexity index is 1330. The van der Waals surface area contributed by atoms with Gasteiger partial charge in [0.1, 0.15) is 5.52 Å². The highest BCUT2D eigenvalue weighted by Crippen LogP contribution is 2.29. The number of hydrogen-bond acceptors (Lipinski definition) is 5. The largest absolute Gasteiger partial charge is 0.436 e. The summed E-state index contributed by atoms with van der Waals surface area (Å²) in [6.07, 6.45) is 1.03. The van der Waals surface area contributed by atoms with Crippen LogP contribution in [0.2, 0.25) is 5.02 Å². The minimum Gasteiger partial charge on any atom is -0.436 e. The Morgan fingerprint density at radius 3 is 2.75 bits per heavy atom. The van der Waals surface area contributed by atoms with E-state index in [9.17, 15) is 14.9 Å². The average molecular weight is 450 g/mol. The number of carbonyl (C=O) groups excluding carboxylic acids is 1. The van der Waals surface area contributed by atoms with Gasteiger partial charge in [-0.05, 0) is 54.3 Å². The van der Waals surface area contributed by atoms with Gasteiger partial charge in [-0.25, -0.2) is 4.98 Å². The molecule has 1 N–H and O–H groups in total. The number of amides is 1. The lowest BCUT2D eigenvalue weighted by Crippen LogP contribution is -2.12. The third-order valence-corrected chi connectivity index (χ3v) is 5.70. The van der Waals surface area contributed by atoms with Crippen LogP contribution in [-0.2, 0) is 0 Å². The van der Waals surface area contributed by atoms with Crippen molar-refractivity contribution in [2.75, 3.05) is 5.32 Å². The molecule has 0 fully saturated rings. The second kappa shape index (κ2) is 8.80. The quantitative estimate of drug-likeness (QED) is 0.257. The van der Waals surface area contributed by atoms with Crippen LogP contribution >= 0.6 is 11.6 Å². The molecule has 4 rings (SSSR count). The topological polar surface area (TPSA) is 98.3 Å². The standard InChI is InChI=1S/C24H20ClN3O4/c1-3-14(2)15-7-10-22-21(12-15)27-24(32-22)16-5-4-6-17(11-16)26-23(29)19-13-18(28(30)31)8-9-20(19)25/h4-14H,3H2,1-2H3,(H,26,29)/t14-/m1/s1. The Kier molecular flexibility index (Phi) is 5.92. The maximum Gasteiger partial charge on any atom is 0.270 e. The fraction of sp³-hybridized carbons (Fsp3) is 0.167. The number of oxazole rings is 1. The molecule has 0 unspecified atom stereocenters. The second-order valence-corrected chi connectivity index (χ2v) is 7.92. The van der Waals surface area contributed by atoms with Crippen molar-refractivity contribution in [1.82, 2.24) is 4.98 Å². The third kappa shape index (κ3) is 4.33. The van der Waals surface area contributed by atoms with E-state index >= 15 is 0 Å². The van der Waals surface area contributed by atoms with Gasteiger partial charge < -0.3 is 9.73 Å². The van der Waals surface area contributed by atoms with Crippen molar-refractivity contribution in [3.63, 3.8) is 0 Å². The molecule has 4 aromatic rings. The summed E-state index contributed by atoms with van der Waals surface area (Å²) in [5, 5.41) is 13.9. The van der Waals surface area contributed by atoms with Gasteiger partial charge in [-0.3, -0.25) is 14.9 Å². The van der Waals surface area contributed by atoms with E-state index in [2.05, 4.69) is 24.1 Å². The maximum absolute atomic E-state index is 12.7. The van der Waals surface area contributed by atoms with Crippen LogP contribution in [0.3, 0.4) is 0 Å². The minimum absolute atomic E-state index is 0.0192. The van der Waals surface area contributed by atoms with Crippen molar-refractivity contribution in [3.05, 3.63) is 86.9 Å². The van der Waals surface area contributed by atoms with Crippen molar-refractivity contribution in [3.8, 4) is 11.5 Å². The molecule has 162 valence electrons. The number of anilines is 1. The Balaban J connectivity index is 1.61. The molecular weight excluding hydrogens is 430 g/mol. The first-order valence-electron chi connectivity index (χ1n) is 10.1. The van der Waals surface area contributed by atoms with Crippen molar-refractivity contribution >= 4 is 40.0 Å². The van der Waals surface area contributed by atoms with E-state index < -0.39 is 10.8 Å². The number of benzene rings is 3. The molecule has 1 heterocycles. The summed E-state index contributed by atoms with van der Waals surface area (Å²) >= 11 is 6.07. The van der Waals surface area contributed by atoms with Crippen LogP contribution in [-0.4, -0.2) is 15.8 Å². The van der Waals surface area contributed by atoms with Crippen molar-refractivity contribution < 1.29 is 14.1 Å². The third-order valence-electron chi connectivity index (χ3n) is 5.37. The summed E-state index contributed by atoms with van der Waals surface area (Å²) in [5.41, 5.74) is 3.64. The normalized spacial score (nSPS) is 12.0. The minimum atomic E-state index is -0.576. The van der Waals surface area contributed by atoms with Crippen LogP contribution in [0.5, 0.6) is 0 Å². The van der Waals surface area contributed by atoms with E-state index in [0.717, 1.165) is 18.0 Å². The van der Waals surface area contributed by atoms with E-state index in [1.165, 1.54) is 17.7 Å². The van der Waals surface area contributed by atoms with E-state index in [-0.39, 0.29) is 16.3 Å². The highest BCUT2D eigenvalue weighted by molar-refractivity contribution is 6.34. The summed E-state index contributed by atoms with van der Waals surface area (Å²) < 4.78 is 5.91. The Morgan fingerprint density at radius 1 is 1.19 bits per heavy atom. The number of nitro benzene ring substituents is 1. The Labute approximate surface area is 189 Å². The first-order chi connectivity index (χ1) is 15.4. The number of nitro groups is 1. The number of aromatic nitrogens is 1. The van der Waals surface area contributed by atoms with Gasteiger partial charge in [0, 0.05) is 23.4 Å². The molecule has 0 saturated carbocycles. The zero-order valence-electron chi connectivity index (χ0n) is 17.5. The van der Waals surface area contributed by atoms with Gasteiger partial charge in [-0.15, -0.1) is 0 Å². The molecule has 0 aliphatic heterocycles. The molecule has 0 saturated heterocycles. The molecule has 0 spiro atoms. The Hall–Kier alpha value is -3.71. The molecule has 1 amide bonds. The highest BCUT2D eigenvalue weighted by atomic mass is 35.5. The van der Waals surface area contributed by atoms with Crippen LogP contribution in [0.1, 0.15) is 42.1 Å². The first kappa shape index (κ1) is 21.5. The van der Waals surface area contributed by atoms with E-state index in [0.29, 0.717) is 28.6 Å². The summed E-state index contributed by atoms with van der Waals surface area (Å²) in [6, 6.07) is 16.8. The fourth-order valence-electron chi connectivity index (χ4n) is 3.34. The molecule has 1 atom stereocenters. The first-order valence-corrected chi connectivity index (χ1v) is 10.5. The number of fused-ring (bicyclic) bond motifs is 1. The summed E-state index contributed by atoms with van der Waals surface area (Å²) in [5.74, 6) is 0.316. The molecule has 0 bridgehead atoms. The van der Waals surface area contributed by atoms with Crippen LogP contribution in [0.25, 0.3) is 22.6 Å². The van der Waals surface area contributed by atoms with Crippen LogP contribution < -0.4 is 5.32 Å². The van der Waals surface area contributed by atoms with Crippen LogP contribution in [0, 0.1) is 10.1 Å². The fourth-order valence-corrected chi connectivity index (χ4v) is 3.54. The van der Waals surface area contributed by atoms with Crippen molar-refractivity contribution in [1.29, 1.82) is 0 Å². The smallest absolute Gasteiger partial charge is 0.270 e. The number of nitrogens with zero attached hydrogens (tertiary/aromatic N) is 2. The molecule has 0 aliphatic carbocycles. The van der Waals surface area contributed by atoms with E-state index in [1.807, 2.05) is 24.3 Å². The second-order valence-electron chi connectivity index (χ2n) is 7.51. The zero-order chi connectivity index (χ0) is 22.8. The number of halogens is 1. The molecule has 1 aromatic heterocycles. The number of carbonyl (C=O) groups is 1. The number of non-ortho nitro benzene ring substituents is 1. The Morgan fingerprint density at radius 2 is 2.00 bits per heavy atom. The van der Waals surface area contributed by atoms with Gasteiger partial charge in [0.15, 0.2) is 5.58 Å². The maximum atomic E-state index is 12.7. The molecule has 7 nitrogen and oxygen atoms in total. The molecular formula is C24H20ClN3O4. The lowest BCUT2D eigenvalue weighted by Gasteiger charge is -2.07. The van der Waals surface area contributed by atoms with Gasteiger partial charge in [-0.1, -0.05) is 37.6 Å². The van der Waals surface area contributed by atoms with Crippen molar-refractivity contribution in [2.45, 2.75) is 26.2 Å². The SMILES string of the molecule is CC[C@@H](C)c1ccc2oc(-c3cccc(NC(=O)c4cc([N+](=O)[O-])ccc4Cl)c3)nc2c1. The molecule has 0 radical (unpaired) electrons. The number of nitrogens with one attached hydrogen (secondary N) is 1. The zero-order valence-corrected chi connectivity index (χ0v) is 18.2. The van der Waals surface area contributed by atoms with Gasteiger partial charge >= 0.3 is 0 Å². The lowest BCUT2D eigenvalue weighted by atomic mass is 9.98. The molecule has 32 heavy (non-hydrogen) atoms. The predicted molar refractivity (Wildman–Crippen MR) is 124 cm³/mol. The summed E-state index contributed by atoms with van der Waals surface area (Å²) in [7, 11) is 0. The number of rotatable bonds is 6. The van der Waals surface area contributed by atoms with Crippen molar-refractivity contribution in [2.24, 2.45) is 0 Å². The molecule has 0 aliphatic rings. The summed E-state index contributed by atoms with van der Waals surface area (Å²) in [6.45, 7) is 4.31. The van der Waals surface area contributed by atoms with Gasteiger partial charge in [-0.2, -0.15) is 0 Å². The average Bonchev–Trinajstić information content (AvgIpc) is 3.22. The van der Waals surface area contributed by atoms with Gasteiger partial charge in [0.25, 0.3) is 11.6 Å². The molecule has 8 heteroatoms. The van der Waals surface area contributed by atoms with E-state index in [1.54, 1.807) is 18.2 Å². The monoisotopic (exact) mass is 449 g/mol. The van der Waals surface area contributed by atoms with Gasteiger partial charge in [0.05, 0.1) is 15.5 Å².